The van der Waals surface area contributed by atoms with Gasteiger partial charge < -0.3 is 4.98 Å². The van der Waals surface area contributed by atoms with Crippen LogP contribution in [0.1, 0.15) is 28.3 Å². The Hall–Kier alpha value is -2.92. The molecule has 2 amide bonds. The molecule has 2 bridgehead atoms. The van der Waals surface area contributed by atoms with E-state index in [4.69, 9.17) is 0 Å². The molecule has 6 nitrogen and oxygen atoms in total. The predicted octanol–water partition coefficient (Wildman–Crippen LogP) is 4.53. The summed E-state index contributed by atoms with van der Waals surface area (Å²) in [6.07, 6.45) is -0.587. The molecule has 184 valence electrons. The van der Waals surface area contributed by atoms with E-state index in [1.165, 1.54) is 30.0 Å². The maximum Gasteiger partial charge on any atom is 0.418 e. The number of carbonyl (C=O) groups excluding carboxylic acids is 2. The Bertz CT molecular complexity index is 1470. The second-order valence-corrected chi connectivity index (χ2v) is 12.0. The van der Waals surface area contributed by atoms with Gasteiger partial charge in [-0.1, -0.05) is 29.5 Å². The number of nitrogens with one attached hydrogen (secondary N) is 1. The number of anilines is 1. The summed E-state index contributed by atoms with van der Waals surface area (Å²) in [6, 6.07) is 8.55. The largest absolute Gasteiger partial charge is 0.418 e. The Morgan fingerprint density at radius 2 is 1.75 bits per heavy atom. The number of H-pyrrole nitrogens is 1. The number of para-hydroxylation sites is 1. The van der Waals surface area contributed by atoms with Crippen molar-refractivity contribution in [2.45, 2.75) is 28.8 Å². The minimum atomic E-state index is -4.69. The number of amides is 2. The normalized spacial score (nSPS) is 32.5. The Morgan fingerprint density at radius 1 is 1.00 bits per heavy atom. The number of thiazole rings is 1. The van der Waals surface area contributed by atoms with Crippen LogP contribution in [-0.4, -0.2) is 27.0 Å². The number of alkyl halides is 3. The van der Waals surface area contributed by atoms with Gasteiger partial charge in [0.1, 0.15) is 0 Å². The van der Waals surface area contributed by atoms with E-state index in [-0.39, 0.29) is 33.8 Å². The topological polar surface area (TPSA) is 83.1 Å². The molecule has 5 unspecified atom stereocenters. The highest BCUT2D eigenvalue weighted by Gasteiger charge is 2.70. The van der Waals surface area contributed by atoms with Crippen LogP contribution in [0.4, 0.5) is 18.9 Å². The molecule has 2 aliphatic heterocycles. The maximum atomic E-state index is 13.8. The third kappa shape index (κ3) is 2.92. The summed E-state index contributed by atoms with van der Waals surface area (Å²) in [5.74, 6) is -2.94. The van der Waals surface area contributed by atoms with Crippen LogP contribution in [0.15, 0.2) is 58.6 Å². The molecular weight excluding hydrogens is 511 g/mol. The molecule has 1 saturated heterocycles. The van der Waals surface area contributed by atoms with Crippen molar-refractivity contribution >= 4 is 40.6 Å². The number of hydrogen-bond acceptors (Lipinski definition) is 6. The molecule has 7 atom stereocenters. The summed E-state index contributed by atoms with van der Waals surface area (Å²) in [6.45, 7) is 0. The second kappa shape index (κ2) is 7.55. The van der Waals surface area contributed by atoms with Crippen molar-refractivity contribution in [1.82, 2.24) is 9.97 Å². The van der Waals surface area contributed by atoms with Crippen molar-refractivity contribution in [1.29, 1.82) is 0 Å². The predicted molar refractivity (Wildman–Crippen MR) is 127 cm³/mol. The first-order chi connectivity index (χ1) is 17.3. The van der Waals surface area contributed by atoms with Crippen molar-refractivity contribution in [3.8, 4) is 0 Å². The molecule has 11 heteroatoms. The van der Waals surface area contributed by atoms with E-state index >= 15 is 0 Å². The highest BCUT2D eigenvalue weighted by atomic mass is 32.2. The number of pyridine rings is 1. The average Bonchev–Trinajstić information content (AvgIpc) is 3.58. The number of fused-ring (bicyclic) bond motifs is 9. The van der Waals surface area contributed by atoms with Gasteiger partial charge in [0.25, 0.3) is 0 Å². The zero-order valence-corrected chi connectivity index (χ0v) is 20.1. The smallest absolute Gasteiger partial charge is 0.307 e. The van der Waals surface area contributed by atoms with E-state index in [0.29, 0.717) is 6.42 Å². The number of nitrogens with zero attached hydrogens (tertiary/aromatic N) is 2. The Kier molecular flexibility index (Phi) is 4.67. The SMILES string of the molecule is O=C1C2C(C(=O)N1c1ccccc1C(F)(F)F)[C@@H]1C[C@H]2C2Sc3[nH]c(=O)sc3C(c3cccnc3)C21. The molecule has 36 heavy (non-hydrogen) atoms. The number of hydrogen-bond donors (Lipinski definition) is 1. The number of thioether (sulfide) groups is 1. The second-order valence-electron chi connectivity index (χ2n) is 9.77. The summed E-state index contributed by atoms with van der Waals surface area (Å²) < 4.78 is 41.3. The van der Waals surface area contributed by atoms with Crippen LogP contribution in [0, 0.1) is 29.6 Å². The van der Waals surface area contributed by atoms with Crippen LogP contribution in [-0.2, 0) is 15.8 Å². The summed E-state index contributed by atoms with van der Waals surface area (Å²) in [4.78, 5) is 48.3. The summed E-state index contributed by atoms with van der Waals surface area (Å²) in [5.41, 5.74) is -0.445. The van der Waals surface area contributed by atoms with Crippen molar-refractivity contribution in [3.63, 3.8) is 0 Å². The molecule has 3 fully saturated rings. The lowest BCUT2D eigenvalue weighted by Crippen LogP contribution is -2.42. The van der Waals surface area contributed by atoms with Crippen LogP contribution in [0.3, 0.4) is 0 Å². The molecule has 4 heterocycles. The first-order valence-corrected chi connectivity index (χ1v) is 13.3. The third-order valence-electron chi connectivity index (χ3n) is 8.22. The zero-order valence-electron chi connectivity index (χ0n) is 18.4. The van der Waals surface area contributed by atoms with Gasteiger partial charge in [0.15, 0.2) is 0 Å². The van der Waals surface area contributed by atoms with Crippen LogP contribution in [0.25, 0.3) is 0 Å². The van der Waals surface area contributed by atoms with E-state index < -0.39 is 41.1 Å². The fourth-order valence-electron chi connectivity index (χ4n) is 7.10. The lowest BCUT2D eigenvalue weighted by molar-refractivity contribution is -0.137. The first kappa shape index (κ1) is 22.3. The van der Waals surface area contributed by atoms with Crippen molar-refractivity contribution in [2.24, 2.45) is 29.6 Å². The lowest BCUT2D eigenvalue weighted by atomic mass is 9.68. The number of halogens is 3. The van der Waals surface area contributed by atoms with Crippen molar-refractivity contribution < 1.29 is 22.8 Å². The number of aromatic amines is 1. The van der Waals surface area contributed by atoms with E-state index in [9.17, 15) is 27.6 Å². The van der Waals surface area contributed by atoms with E-state index in [2.05, 4.69) is 9.97 Å². The Labute approximate surface area is 210 Å². The maximum absolute atomic E-state index is 13.8. The molecule has 1 aromatic carbocycles. The molecule has 2 aromatic heterocycles. The van der Waals surface area contributed by atoms with E-state index in [0.717, 1.165) is 37.8 Å². The summed E-state index contributed by atoms with van der Waals surface area (Å²) in [5, 5.41) is 0.744. The van der Waals surface area contributed by atoms with Gasteiger partial charge in [-0.15, -0.1) is 11.8 Å². The third-order valence-corrected chi connectivity index (χ3v) is 10.8. The quantitative estimate of drug-likeness (QED) is 0.494. The van der Waals surface area contributed by atoms with Gasteiger partial charge in [0.05, 0.1) is 28.1 Å². The highest BCUT2D eigenvalue weighted by molar-refractivity contribution is 8.00. The van der Waals surface area contributed by atoms with Gasteiger partial charge in [0.2, 0.25) is 11.8 Å². The van der Waals surface area contributed by atoms with Crippen LogP contribution < -0.4 is 9.77 Å². The minimum Gasteiger partial charge on any atom is -0.307 e. The van der Waals surface area contributed by atoms with E-state index in [1.54, 1.807) is 12.4 Å². The molecule has 3 aromatic rings. The number of benzene rings is 1. The van der Waals surface area contributed by atoms with Gasteiger partial charge in [-0.25, -0.2) is 4.90 Å². The standard InChI is InChI=1S/C25H18F3N3O3S2/c26-25(27,28)13-5-1-2-6-14(13)31-22(32)17-11-8-12(18(17)23(31)33)19-16(11)15(10-4-3-7-29-9-10)20-21(35-19)30-24(34)36-20/h1-7,9,11-12,15-19H,8H2,(H,30,34)/t11-,12-,15?,16?,17?,18?,19?/m1/s1. The fourth-order valence-corrected chi connectivity index (χ4v) is 9.98. The number of rotatable bonds is 2. The monoisotopic (exact) mass is 529 g/mol. The van der Waals surface area contributed by atoms with Crippen LogP contribution in [0.5, 0.6) is 0 Å². The molecule has 0 radical (unpaired) electrons. The van der Waals surface area contributed by atoms with Gasteiger partial charge >= 0.3 is 11.0 Å². The molecule has 1 N–H and O–H groups in total. The lowest BCUT2D eigenvalue weighted by Gasteiger charge is -2.42. The molecular formula is C25H18F3N3O3S2. The van der Waals surface area contributed by atoms with Gasteiger partial charge in [-0.3, -0.25) is 19.4 Å². The molecule has 2 saturated carbocycles. The molecule has 2 aliphatic carbocycles. The molecule has 7 rings (SSSR count). The molecule has 0 spiro atoms. The Morgan fingerprint density at radius 3 is 2.47 bits per heavy atom. The number of imide groups is 1. The van der Waals surface area contributed by atoms with Crippen molar-refractivity contribution in [2.75, 3.05) is 4.90 Å². The highest BCUT2D eigenvalue weighted by Crippen LogP contribution is 2.68. The summed E-state index contributed by atoms with van der Waals surface area (Å²) >= 11 is 2.69. The minimum absolute atomic E-state index is 0.0287. The Balaban J connectivity index is 1.33. The van der Waals surface area contributed by atoms with Crippen LogP contribution >= 0.6 is 23.1 Å². The van der Waals surface area contributed by atoms with E-state index in [1.807, 2.05) is 12.1 Å². The van der Waals surface area contributed by atoms with Gasteiger partial charge in [0, 0.05) is 28.4 Å². The first-order valence-electron chi connectivity index (χ1n) is 11.6. The molecule has 4 aliphatic rings. The van der Waals surface area contributed by atoms with Crippen molar-refractivity contribution in [3.05, 3.63) is 74.5 Å². The fraction of sp³-hybridized carbons (Fsp3) is 0.360. The van der Waals surface area contributed by atoms with Gasteiger partial charge in [-0.2, -0.15) is 13.2 Å². The number of carbonyl (C=O) groups is 2. The average molecular weight is 530 g/mol. The summed E-state index contributed by atoms with van der Waals surface area (Å²) in [7, 11) is 0. The van der Waals surface area contributed by atoms with Gasteiger partial charge in [-0.05, 0) is 47.9 Å². The number of aromatic nitrogens is 2. The van der Waals surface area contributed by atoms with Crippen LogP contribution in [0.2, 0.25) is 0 Å². The zero-order chi connectivity index (χ0) is 24.9.